The molecule has 1 saturated heterocycles. The Kier molecular flexibility index (Phi) is 2.12. The molecule has 1 fully saturated rings. The summed E-state index contributed by atoms with van der Waals surface area (Å²) in [7, 11) is 0. The van der Waals surface area contributed by atoms with E-state index in [0.29, 0.717) is 25.3 Å². The molecule has 0 spiro atoms. The second-order valence-corrected chi connectivity index (χ2v) is 3.15. The molecule has 0 saturated carbocycles. The summed E-state index contributed by atoms with van der Waals surface area (Å²) in [6.07, 6.45) is -0.289. The molecule has 2 rings (SSSR count). The van der Waals surface area contributed by atoms with Crippen LogP contribution in [0.15, 0.2) is 18.2 Å². The predicted molar refractivity (Wildman–Crippen MR) is 45.9 cm³/mol. The fourth-order valence-electron chi connectivity index (χ4n) is 1.50. The zero-order valence-corrected chi connectivity index (χ0v) is 7.08. The number of pyridine rings is 1. The van der Waals surface area contributed by atoms with E-state index in [1.807, 2.05) is 0 Å². The zero-order chi connectivity index (χ0) is 9.26. The van der Waals surface area contributed by atoms with Crippen LogP contribution in [0.2, 0.25) is 0 Å². The highest BCUT2D eigenvalue weighted by Crippen LogP contribution is 2.19. The first-order valence-electron chi connectivity index (χ1n) is 4.27. The minimum atomic E-state index is -0.801. The third kappa shape index (κ3) is 1.76. The van der Waals surface area contributed by atoms with E-state index in [1.165, 1.54) is 6.07 Å². The maximum absolute atomic E-state index is 12.8. The first kappa shape index (κ1) is 8.41. The van der Waals surface area contributed by atoms with Crippen molar-refractivity contribution in [3.05, 3.63) is 24.1 Å². The van der Waals surface area contributed by atoms with Gasteiger partial charge in [-0.3, -0.25) is 0 Å². The van der Waals surface area contributed by atoms with Crippen molar-refractivity contribution in [1.29, 1.82) is 0 Å². The summed E-state index contributed by atoms with van der Waals surface area (Å²) >= 11 is 0. The Morgan fingerprint density at radius 3 is 2.92 bits per heavy atom. The van der Waals surface area contributed by atoms with E-state index >= 15 is 0 Å². The second-order valence-electron chi connectivity index (χ2n) is 3.15. The van der Waals surface area contributed by atoms with Gasteiger partial charge < -0.3 is 4.90 Å². The standard InChI is InChI=1S/C9H10F2N2/c10-7-4-5-13(6-7)9-3-1-2-8(11)12-9/h1-3,7H,4-6H2. The maximum atomic E-state index is 12.8. The number of rotatable bonds is 1. The lowest BCUT2D eigenvalue weighted by molar-refractivity contribution is 0.364. The zero-order valence-electron chi connectivity index (χ0n) is 7.08. The van der Waals surface area contributed by atoms with Gasteiger partial charge in [0.1, 0.15) is 12.0 Å². The summed E-state index contributed by atoms with van der Waals surface area (Å²) in [6.45, 7) is 0.952. The molecule has 1 aliphatic heterocycles. The van der Waals surface area contributed by atoms with Gasteiger partial charge in [-0.1, -0.05) is 6.07 Å². The van der Waals surface area contributed by atoms with E-state index in [2.05, 4.69) is 4.98 Å². The minimum absolute atomic E-state index is 0.330. The molecule has 13 heavy (non-hydrogen) atoms. The van der Waals surface area contributed by atoms with Crippen molar-refractivity contribution in [3.8, 4) is 0 Å². The van der Waals surface area contributed by atoms with Gasteiger partial charge in [0.05, 0.1) is 6.54 Å². The molecule has 0 radical (unpaired) electrons. The Bertz CT molecular complexity index is 303. The molecular formula is C9H10F2N2. The lowest BCUT2D eigenvalue weighted by atomic mass is 10.3. The summed E-state index contributed by atoms with van der Waals surface area (Å²) in [6, 6.07) is 4.57. The van der Waals surface area contributed by atoms with Crippen LogP contribution >= 0.6 is 0 Å². The summed E-state index contributed by atoms with van der Waals surface area (Å²) in [5.74, 6) is 0.0139. The Morgan fingerprint density at radius 2 is 2.31 bits per heavy atom. The van der Waals surface area contributed by atoms with Crippen LogP contribution in [0.1, 0.15) is 6.42 Å². The van der Waals surface area contributed by atoms with Crippen LogP contribution in [-0.2, 0) is 0 Å². The first-order valence-corrected chi connectivity index (χ1v) is 4.27. The van der Waals surface area contributed by atoms with E-state index < -0.39 is 12.1 Å². The topological polar surface area (TPSA) is 16.1 Å². The molecule has 4 heteroatoms. The average molecular weight is 184 g/mol. The van der Waals surface area contributed by atoms with Gasteiger partial charge in [-0.25, -0.2) is 9.37 Å². The molecule has 0 N–H and O–H groups in total. The molecule has 0 amide bonds. The third-order valence-corrected chi connectivity index (χ3v) is 2.16. The number of halogens is 2. The van der Waals surface area contributed by atoms with Crippen molar-refractivity contribution in [2.75, 3.05) is 18.0 Å². The highest BCUT2D eigenvalue weighted by molar-refractivity contribution is 5.39. The predicted octanol–water partition coefficient (Wildman–Crippen LogP) is 1.77. The molecule has 0 aromatic carbocycles. The molecule has 1 atom stereocenters. The molecule has 0 bridgehead atoms. The van der Waals surface area contributed by atoms with Crippen LogP contribution in [0.25, 0.3) is 0 Å². The summed E-state index contributed by atoms with van der Waals surface area (Å²) in [5.41, 5.74) is 0. The minimum Gasteiger partial charge on any atom is -0.354 e. The fraction of sp³-hybridized carbons (Fsp3) is 0.444. The number of alkyl halides is 1. The first-order chi connectivity index (χ1) is 6.25. The van der Waals surface area contributed by atoms with Gasteiger partial charge in [0.25, 0.3) is 0 Å². The fourth-order valence-corrected chi connectivity index (χ4v) is 1.50. The molecule has 1 aromatic rings. The monoisotopic (exact) mass is 184 g/mol. The molecular weight excluding hydrogens is 174 g/mol. The highest BCUT2D eigenvalue weighted by Gasteiger charge is 2.22. The maximum Gasteiger partial charge on any atom is 0.214 e. The van der Waals surface area contributed by atoms with Crippen LogP contribution in [0.4, 0.5) is 14.6 Å². The van der Waals surface area contributed by atoms with E-state index in [9.17, 15) is 8.78 Å². The third-order valence-electron chi connectivity index (χ3n) is 2.16. The Balaban J connectivity index is 2.16. The van der Waals surface area contributed by atoms with Gasteiger partial charge in [-0.05, 0) is 18.6 Å². The van der Waals surface area contributed by atoms with E-state index in [-0.39, 0.29) is 0 Å². The van der Waals surface area contributed by atoms with Crippen LogP contribution in [0, 0.1) is 5.95 Å². The highest BCUT2D eigenvalue weighted by atomic mass is 19.1. The van der Waals surface area contributed by atoms with E-state index in [0.717, 1.165) is 0 Å². The Morgan fingerprint density at radius 1 is 1.46 bits per heavy atom. The molecule has 1 unspecified atom stereocenters. The van der Waals surface area contributed by atoms with Gasteiger partial charge >= 0.3 is 0 Å². The Hall–Kier alpha value is -1.19. The lowest BCUT2D eigenvalue weighted by Crippen LogP contribution is -2.21. The molecule has 2 heterocycles. The lowest BCUT2D eigenvalue weighted by Gasteiger charge is -2.15. The number of anilines is 1. The van der Waals surface area contributed by atoms with Gasteiger partial charge in [-0.15, -0.1) is 0 Å². The van der Waals surface area contributed by atoms with Crippen molar-refractivity contribution in [2.24, 2.45) is 0 Å². The molecule has 2 nitrogen and oxygen atoms in total. The Labute approximate surface area is 75.2 Å². The molecule has 70 valence electrons. The van der Waals surface area contributed by atoms with Crippen LogP contribution in [0.5, 0.6) is 0 Å². The smallest absolute Gasteiger partial charge is 0.214 e. The van der Waals surface area contributed by atoms with Gasteiger partial charge in [-0.2, -0.15) is 4.39 Å². The van der Waals surface area contributed by atoms with Crippen molar-refractivity contribution in [1.82, 2.24) is 4.98 Å². The summed E-state index contributed by atoms with van der Waals surface area (Å²) in [5, 5.41) is 0. The van der Waals surface area contributed by atoms with Crippen LogP contribution < -0.4 is 4.90 Å². The van der Waals surface area contributed by atoms with Crippen LogP contribution in [0.3, 0.4) is 0 Å². The van der Waals surface area contributed by atoms with Gasteiger partial charge in [0, 0.05) is 6.54 Å². The average Bonchev–Trinajstić information content (AvgIpc) is 2.52. The van der Waals surface area contributed by atoms with Crippen molar-refractivity contribution in [2.45, 2.75) is 12.6 Å². The van der Waals surface area contributed by atoms with Crippen molar-refractivity contribution < 1.29 is 8.78 Å². The van der Waals surface area contributed by atoms with E-state index in [4.69, 9.17) is 0 Å². The summed E-state index contributed by atoms with van der Waals surface area (Å²) in [4.78, 5) is 5.44. The number of hydrogen-bond donors (Lipinski definition) is 0. The largest absolute Gasteiger partial charge is 0.354 e. The van der Waals surface area contributed by atoms with Gasteiger partial charge in [0.15, 0.2) is 0 Å². The van der Waals surface area contributed by atoms with E-state index in [1.54, 1.807) is 17.0 Å². The quantitative estimate of drug-likeness (QED) is 0.618. The molecule has 0 aliphatic carbocycles. The number of nitrogens with zero attached hydrogens (tertiary/aromatic N) is 2. The van der Waals surface area contributed by atoms with Crippen molar-refractivity contribution >= 4 is 5.82 Å². The second kappa shape index (κ2) is 3.28. The normalized spacial score (nSPS) is 22.3. The number of hydrogen-bond acceptors (Lipinski definition) is 2. The van der Waals surface area contributed by atoms with Crippen LogP contribution in [-0.4, -0.2) is 24.2 Å². The SMILES string of the molecule is Fc1cccc(N2CCC(F)C2)n1. The number of aromatic nitrogens is 1. The van der Waals surface area contributed by atoms with Crippen molar-refractivity contribution in [3.63, 3.8) is 0 Å². The molecule has 1 aliphatic rings. The van der Waals surface area contributed by atoms with Gasteiger partial charge in [0.2, 0.25) is 5.95 Å². The summed E-state index contributed by atoms with van der Waals surface area (Å²) < 4.78 is 25.5. The molecule has 1 aromatic heterocycles.